The number of rotatable bonds is 6. The van der Waals surface area contributed by atoms with Crippen LogP contribution in [-0.4, -0.2) is 12.4 Å². The van der Waals surface area contributed by atoms with Gasteiger partial charge in [-0.05, 0) is 66.6 Å². The number of carbonyl (C=O) groups is 1. The number of unbranched alkanes of at least 4 members (excludes halogenated alkanes) is 2. The molecule has 0 amide bonds. The highest BCUT2D eigenvalue weighted by molar-refractivity contribution is 5.90. The highest BCUT2D eigenvalue weighted by Gasteiger charge is 2.41. The Balaban J connectivity index is 1.69. The first-order chi connectivity index (χ1) is 15.3. The van der Waals surface area contributed by atoms with Crippen molar-refractivity contribution < 1.29 is 9.53 Å². The van der Waals surface area contributed by atoms with E-state index in [9.17, 15) is 4.79 Å². The summed E-state index contributed by atoms with van der Waals surface area (Å²) in [5.41, 5.74) is 6.50. The van der Waals surface area contributed by atoms with Gasteiger partial charge in [0.25, 0.3) is 0 Å². The molecule has 2 aromatic rings. The van der Waals surface area contributed by atoms with Crippen LogP contribution in [0.3, 0.4) is 0 Å². The Morgan fingerprint density at radius 3 is 2.41 bits per heavy atom. The Morgan fingerprint density at radius 1 is 1.03 bits per heavy atom. The lowest BCUT2D eigenvalue weighted by Gasteiger charge is -2.35. The van der Waals surface area contributed by atoms with E-state index in [1.54, 1.807) is 0 Å². The molecule has 2 aromatic carbocycles. The van der Waals surface area contributed by atoms with Crippen molar-refractivity contribution in [3.05, 3.63) is 64.9 Å². The van der Waals surface area contributed by atoms with Gasteiger partial charge in [0.2, 0.25) is 0 Å². The molecule has 170 valence electrons. The third kappa shape index (κ3) is 4.69. The van der Waals surface area contributed by atoms with Gasteiger partial charge in [-0.3, -0.25) is 4.79 Å². The molecule has 32 heavy (non-hydrogen) atoms. The van der Waals surface area contributed by atoms with Crippen LogP contribution in [0, 0.1) is 25.2 Å². The first-order valence-corrected chi connectivity index (χ1v) is 11.9. The second-order valence-electron chi connectivity index (χ2n) is 10.1. The summed E-state index contributed by atoms with van der Waals surface area (Å²) >= 11 is 0. The Hall–Kier alpha value is -2.75. The number of aryl methyl sites for hydroxylation is 2. The Bertz CT molecular complexity index is 1020. The molecule has 4 heteroatoms. The highest BCUT2D eigenvalue weighted by atomic mass is 16.5. The van der Waals surface area contributed by atoms with Crippen molar-refractivity contribution in [3.63, 3.8) is 0 Å². The number of ether oxygens (including phenoxy) is 1. The summed E-state index contributed by atoms with van der Waals surface area (Å²) in [6.45, 7) is 11.5. The Kier molecular flexibility index (Phi) is 6.32. The number of benzene rings is 2. The van der Waals surface area contributed by atoms with Crippen molar-refractivity contribution in [1.82, 2.24) is 0 Å². The summed E-state index contributed by atoms with van der Waals surface area (Å²) < 4.78 is 5.90. The fraction of sp³-hybridized carbons (Fsp3) is 0.464. The van der Waals surface area contributed by atoms with Crippen LogP contribution in [0.2, 0.25) is 0 Å². The van der Waals surface area contributed by atoms with Crippen molar-refractivity contribution in [2.24, 2.45) is 11.3 Å². The SMILES string of the molecule is CCCCCOc1ccc([C@@H]2Nc3cc(C)c(C)cc3NC3=CC(C)(C)CC(=O)[C@H]32)cc1. The van der Waals surface area contributed by atoms with Crippen LogP contribution < -0.4 is 15.4 Å². The summed E-state index contributed by atoms with van der Waals surface area (Å²) in [5.74, 6) is 0.918. The molecule has 0 bridgehead atoms. The number of fused-ring (bicyclic) bond motifs is 2. The summed E-state index contributed by atoms with van der Waals surface area (Å²) in [4.78, 5) is 13.4. The first-order valence-electron chi connectivity index (χ1n) is 11.9. The summed E-state index contributed by atoms with van der Waals surface area (Å²) in [7, 11) is 0. The molecule has 0 saturated carbocycles. The van der Waals surface area contributed by atoms with Gasteiger partial charge in [0.05, 0.1) is 29.9 Å². The maximum absolute atomic E-state index is 13.4. The van der Waals surface area contributed by atoms with Crippen molar-refractivity contribution >= 4 is 17.2 Å². The van der Waals surface area contributed by atoms with Crippen molar-refractivity contribution in [2.45, 2.75) is 66.3 Å². The number of anilines is 2. The second kappa shape index (κ2) is 9.01. The first kappa shape index (κ1) is 22.4. The topological polar surface area (TPSA) is 50.4 Å². The van der Waals surface area contributed by atoms with Crippen LogP contribution >= 0.6 is 0 Å². The number of ketones is 1. The number of carbonyl (C=O) groups excluding carboxylic acids is 1. The standard InChI is InChI=1S/C28H36N2O2/c1-6-7-8-13-32-21-11-9-20(10-12-21)27-26-24(16-28(4,5)17-25(26)31)29-22-14-18(2)19(3)15-23(22)30-27/h9-12,14-16,26-27,29-30H,6-8,13,17H2,1-5H3/t26-,27-/m0/s1. The zero-order valence-corrected chi connectivity index (χ0v) is 20.0. The summed E-state index contributed by atoms with van der Waals surface area (Å²) in [6.07, 6.45) is 6.25. The molecule has 0 unspecified atom stereocenters. The van der Waals surface area contributed by atoms with Gasteiger partial charge < -0.3 is 15.4 Å². The molecule has 0 saturated heterocycles. The van der Waals surface area contributed by atoms with E-state index in [0.717, 1.165) is 41.4 Å². The molecule has 1 aliphatic heterocycles. The summed E-state index contributed by atoms with van der Waals surface area (Å²) in [5, 5.41) is 7.33. The van der Waals surface area contributed by atoms with Crippen molar-refractivity contribution in [2.75, 3.05) is 17.2 Å². The van der Waals surface area contributed by atoms with E-state index in [1.807, 2.05) is 12.1 Å². The normalized spacial score (nSPS) is 21.4. The lowest BCUT2D eigenvalue weighted by atomic mass is 9.72. The van der Waals surface area contributed by atoms with Gasteiger partial charge >= 0.3 is 0 Å². The molecule has 1 heterocycles. The lowest BCUT2D eigenvalue weighted by molar-refractivity contribution is -0.124. The van der Waals surface area contributed by atoms with Crippen LogP contribution in [0.15, 0.2) is 48.2 Å². The predicted molar refractivity (Wildman–Crippen MR) is 132 cm³/mol. The maximum atomic E-state index is 13.4. The van der Waals surface area contributed by atoms with Crippen LogP contribution in [0.5, 0.6) is 5.75 Å². The minimum absolute atomic E-state index is 0.130. The highest BCUT2D eigenvalue weighted by Crippen LogP contribution is 2.46. The van der Waals surface area contributed by atoms with E-state index >= 15 is 0 Å². The molecule has 0 fully saturated rings. The van der Waals surface area contributed by atoms with Gasteiger partial charge in [-0.2, -0.15) is 0 Å². The van der Waals surface area contributed by atoms with Gasteiger partial charge in [0, 0.05) is 12.1 Å². The average molecular weight is 433 g/mol. The van der Waals surface area contributed by atoms with Gasteiger partial charge in [-0.25, -0.2) is 0 Å². The molecule has 0 radical (unpaired) electrons. The number of hydrogen-bond acceptors (Lipinski definition) is 4. The van der Waals surface area contributed by atoms with Crippen molar-refractivity contribution in [1.29, 1.82) is 0 Å². The molecule has 2 N–H and O–H groups in total. The second-order valence-corrected chi connectivity index (χ2v) is 10.1. The van der Waals surface area contributed by atoms with Crippen LogP contribution in [0.25, 0.3) is 0 Å². The van der Waals surface area contributed by atoms with Gasteiger partial charge in [0.15, 0.2) is 0 Å². The molecule has 0 aromatic heterocycles. The van der Waals surface area contributed by atoms with Crippen LogP contribution in [0.1, 0.15) is 69.2 Å². The molecule has 0 spiro atoms. The number of allylic oxidation sites excluding steroid dienone is 1. The molecule has 1 aliphatic carbocycles. The molecular formula is C28H36N2O2. The molecule has 4 rings (SSSR count). The number of nitrogens with one attached hydrogen (secondary N) is 2. The van der Waals surface area contributed by atoms with E-state index in [1.165, 1.54) is 24.0 Å². The van der Waals surface area contributed by atoms with E-state index in [4.69, 9.17) is 4.74 Å². The largest absolute Gasteiger partial charge is 0.494 e. The molecular weight excluding hydrogens is 396 g/mol. The van der Waals surface area contributed by atoms with Gasteiger partial charge in [0.1, 0.15) is 11.5 Å². The van der Waals surface area contributed by atoms with E-state index in [-0.39, 0.29) is 23.2 Å². The van der Waals surface area contributed by atoms with Crippen LogP contribution in [-0.2, 0) is 4.79 Å². The third-order valence-electron chi connectivity index (χ3n) is 6.67. The predicted octanol–water partition coefficient (Wildman–Crippen LogP) is 6.95. The smallest absolute Gasteiger partial charge is 0.145 e. The lowest BCUT2D eigenvalue weighted by Crippen LogP contribution is -2.36. The third-order valence-corrected chi connectivity index (χ3v) is 6.67. The van der Waals surface area contributed by atoms with E-state index < -0.39 is 0 Å². The fourth-order valence-corrected chi connectivity index (χ4v) is 4.81. The quantitative estimate of drug-likeness (QED) is 0.485. The average Bonchev–Trinajstić information content (AvgIpc) is 2.88. The van der Waals surface area contributed by atoms with Crippen molar-refractivity contribution in [3.8, 4) is 5.75 Å². The zero-order valence-electron chi connectivity index (χ0n) is 20.0. The zero-order chi connectivity index (χ0) is 22.9. The van der Waals surface area contributed by atoms with E-state index in [0.29, 0.717) is 6.42 Å². The Labute approximate surface area is 192 Å². The minimum Gasteiger partial charge on any atom is -0.494 e. The molecule has 4 nitrogen and oxygen atoms in total. The molecule has 2 atom stereocenters. The van der Waals surface area contributed by atoms with Gasteiger partial charge in [-0.15, -0.1) is 0 Å². The molecule has 2 aliphatic rings. The van der Waals surface area contributed by atoms with Gasteiger partial charge in [-0.1, -0.05) is 51.8 Å². The maximum Gasteiger partial charge on any atom is 0.145 e. The fourth-order valence-electron chi connectivity index (χ4n) is 4.81. The van der Waals surface area contributed by atoms with E-state index in [2.05, 4.69) is 75.6 Å². The summed E-state index contributed by atoms with van der Waals surface area (Å²) in [6, 6.07) is 12.5. The monoisotopic (exact) mass is 432 g/mol. The number of Topliss-reactive ketones (excluding diaryl/α,β-unsaturated/α-hetero) is 1. The Morgan fingerprint density at radius 2 is 1.72 bits per heavy atom. The number of hydrogen-bond donors (Lipinski definition) is 2. The van der Waals surface area contributed by atoms with Crippen LogP contribution in [0.4, 0.5) is 11.4 Å². The minimum atomic E-state index is -0.243.